The van der Waals surface area contributed by atoms with Crippen LogP contribution in [0.2, 0.25) is 5.02 Å². The molecule has 0 spiro atoms. The lowest BCUT2D eigenvalue weighted by atomic mass is 10.2. The highest BCUT2D eigenvalue weighted by Crippen LogP contribution is 2.26. The molecule has 1 aromatic heterocycles. The number of carbonyl (C=O) groups excluding carboxylic acids is 1. The second kappa shape index (κ2) is 12.2. The fourth-order valence-electron chi connectivity index (χ4n) is 3.76. The van der Waals surface area contributed by atoms with Gasteiger partial charge in [0.2, 0.25) is 11.2 Å². The van der Waals surface area contributed by atoms with Crippen LogP contribution in [0.1, 0.15) is 11.1 Å². The monoisotopic (exact) mass is 554 g/mol. The predicted molar refractivity (Wildman–Crippen MR) is 152 cm³/mol. The molecule has 7 nitrogen and oxygen atoms in total. The SMILES string of the molecule is COc1ccc(Oc2coc3cc(OC(=O)C=Cc4ccc(OCc5ccccc5Cl)cc4)ccc3c2=O)cc1. The van der Waals surface area contributed by atoms with E-state index in [0.717, 1.165) is 11.1 Å². The summed E-state index contributed by atoms with van der Waals surface area (Å²) in [6, 6.07) is 26.1. The van der Waals surface area contributed by atoms with Crippen LogP contribution in [0.3, 0.4) is 0 Å². The van der Waals surface area contributed by atoms with Crippen molar-refractivity contribution in [2.75, 3.05) is 7.11 Å². The quantitative estimate of drug-likeness (QED) is 0.106. The molecular formula is C32H23ClO7. The molecule has 1 heterocycles. The van der Waals surface area contributed by atoms with E-state index < -0.39 is 5.97 Å². The number of benzene rings is 4. The van der Waals surface area contributed by atoms with E-state index in [4.69, 9.17) is 35.0 Å². The molecule has 5 rings (SSSR count). The fourth-order valence-corrected chi connectivity index (χ4v) is 3.95. The Bertz CT molecular complexity index is 1720. The smallest absolute Gasteiger partial charge is 0.336 e. The summed E-state index contributed by atoms with van der Waals surface area (Å²) < 4.78 is 27.5. The molecule has 0 bridgehead atoms. The van der Waals surface area contributed by atoms with Gasteiger partial charge < -0.3 is 23.4 Å². The third-order valence-electron chi connectivity index (χ3n) is 5.86. The van der Waals surface area contributed by atoms with Gasteiger partial charge in [0.15, 0.2) is 0 Å². The zero-order chi connectivity index (χ0) is 27.9. The number of hydrogen-bond donors (Lipinski definition) is 0. The molecule has 0 unspecified atom stereocenters. The van der Waals surface area contributed by atoms with Crippen molar-refractivity contribution in [2.45, 2.75) is 6.61 Å². The van der Waals surface area contributed by atoms with Crippen LogP contribution in [0.4, 0.5) is 0 Å². The first-order valence-corrected chi connectivity index (χ1v) is 12.6. The van der Waals surface area contributed by atoms with Crippen molar-refractivity contribution >= 4 is 34.6 Å². The second-order valence-electron chi connectivity index (χ2n) is 8.57. The Hall–Kier alpha value is -5.01. The lowest BCUT2D eigenvalue weighted by molar-refractivity contribution is -0.128. The molecule has 0 aliphatic carbocycles. The highest BCUT2D eigenvalue weighted by molar-refractivity contribution is 6.31. The van der Waals surface area contributed by atoms with Crippen molar-refractivity contribution in [3.8, 4) is 28.7 Å². The Kier molecular flexibility index (Phi) is 8.13. The minimum Gasteiger partial charge on any atom is -0.497 e. The molecule has 0 radical (unpaired) electrons. The molecule has 0 atom stereocenters. The minimum atomic E-state index is -0.583. The summed E-state index contributed by atoms with van der Waals surface area (Å²) >= 11 is 6.16. The highest BCUT2D eigenvalue weighted by Gasteiger charge is 2.11. The van der Waals surface area contributed by atoms with Crippen LogP contribution in [-0.4, -0.2) is 13.1 Å². The minimum absolute atomic E-state index is 0.0330. The summed E-state index contributed by atoms with van der Waals surface area (Å²) in [4.78, 5) is 25.2. The largest absolute Gasteiger partial charge is 0.497 e. The van der Waals surface area contributed by atoms with Crippen molar-refractivity contribution in [1.82, 2.24) is 0 Å². The van der Waals surface area contributed by atoms with Gasteiger partial charge in [0, 0.05) is 22.7 Å². The van der Waals surface area contributed by atoms with E-state index in [2.05, 4.69) is 0 Å². The van der Waals surface area contributed by atoms with Gasteiger partial charge in [-0.2, -0.15) is 0 Å². The number of fused-ring (bicyclic) bond motifs is 1. The Morgan fingerprint density at radius 1 is 0.875 bits per heavy atom. The molecule has 8 heteroatoms. The normalized spacial score (nSPS) is 10.9. The lowest BCUT2D eigenvalue weighted by Gasteiger charge is -2.08. The summed E-state index contributed by atoms with van der Waals surface area (Å²) in [5.74, 6) is 1.49. The van der Waals surface area contributed by atoms with E-state index in [1.54, 1.807) is 49.6 Å². The molecule has 0 aliphatic heterocycles. The zero-order valence-corrected chi connectivity index (χ0v) is 22.1. The van der Waals surface area contributed by atoms with Crippen LogP contribution in [0.25, 0.3) is 17.0 Å². The fraction of sp³-hybridized carbons (Fsp3) is 0.0625. The van der Waals surface area contributed by atoms with Gasteiger partial charge in [-0.05, 0) is 66.2 Å². The number of methoxy groups -OCH3 is 1. The van der Waals surface area contributed by atoms with Gasteiger partial charge in [0.1, 0.15) is 41.5 Å². The molecule has 0 fully saturated rings. The molecular weight excluding hydrogens is 532 g/mol. The first-order chi connectivity index (χ1) is 19.5. The molecule has 0 amide bonds. The van der Waals surface area contributed by atoms with Crippen LogP contribution in [0, 0.1) is 0 Å². The molecule has 0 saturated carbocycles. The number of hydrogen-bond acceptors (Lipinski definition) is 7. The van der Waals surface area contributed by atoms with Gasteiger partial charge in [-0.15, -0.1) is 0 Å². The summed E-state index contributed by atoms with van der Waals surface area (Å²) in [5, 5.41) is 0.941. The van der Waals surface area contributed by atoms with Gasteiger partial charge >= 0.3 is 5.97 Å². The average Bonchev–Trinajstić information content (AvgIpc) is 2.98. The van der Waals surface area contributed by atoms with Gasteiger partial charge in [-0.25, -0.2) is 4.79 Å². The predicted octanol–water partition coefficient (Wildman–Crippen LogP) is 7.45. The molecule has 40 heavy (non-hydrogen) atoms. The summed E-state index contributed by atoms with van der Waals surface area (Å²) in [6.07, 6.45) is 4.16. The third-order valence-corrected chi connectivity index (χ3v) is 6.23. The topological polar surface area (TPSA) is 84.2 Å². The van der Waals surface area contributed by atoms with Crippen molar-refractivity contribution < 1.29 is 28.2 Å². The van der Waals surface area contributed by atoms with Crippen molar-refractivity contribution in [2.24, 2.45) is 0 Å². The number of rotatable bonds is 9. The van der Waals surface area contributed by atoms with E-state index in [0.29, 0.717) is 28.9 Å². The van der Waals surface area contributed by atoms with E-state index in [1.165, 1.54) is 30.5 Å². The van der Waals surface area contributed by atoms with E-state index >= 15 is 0 Å². The zero-order valence-electron chi connectivity index (χ0n) is 21.3. The van der Waals surface area contributed by atoms with Crippen LogP contribution >= 0.6 is 11.6 Å². The summed E-state index contributed by atoms with van der Waals surface area (Å²) in [7, 11) is 1.56. The van der Waals surface area contributed by atoms with Crippen LogP contribution in [0.15, 0.2) is 113 Å². The Balaban J connectivity index is 1.19. The second-order valence-corrected chi connectivity index (χ2v) is 8.98. The van der Waals surface area contributed by atoms with Crippen LogP contribution in [-0.2, 0) is 11.4 Å². The summed E-state index contributed by atoms with van der Waals surface area (Å²) in [6.45, 7) is 0.351. The standard InChI is InChI=1S/C32H23ClO7/c1-36-23-11-13-25(14-12-23)39-30-20-38-29-18-26(15-16-27(29)32(30)35)40-31(34)17-8-21-6-9-24(10-7-21)37-19-22-4-2-3-5-28(22)33/h2-18,20H,19H2,1H3. The highest BCUT2D eigenvalue weighted by atomic mass is 35.5. The molecule has 0 saturated heterocycles. The Morgan fingerprint density at radius 2 is 1.57 bits per heavy atom. The molecule has 0 N–H and O–H groups in total. The van der Waals surface area contributed by atoms with E-state index in [1.807, 2.05) is 36.4 Å². The maximum atomic E-state index is 12.9. The molecule has 5 aromatic rings. The number of carbonyl (C=O) groups is 1. The van der Waals surface area contributed by atoms with Crippen molar-refractivity contribution in [3.63, 3.8) is 0 Å². The van der Waals surface area contributed by atoms with Crippen molar-refractivity contribution in [3.05, 3.63) is 130 Å². The van der Waals surface area contributed by atoms with Gasteiger partial charge in [-0.3, -0.25) is 4.79 Å². The van der Waals surface area contributed by atoms with Crippen LogP contribution < -0.4 is 24.4 Å². The molecule has 200 valence electrons. The summed E-state index contributed by atoms with van der Waals surface area (Å²) in [5.41, 5.74) is 1.59. The van der Waals surface area contributed by atoms with Gasteiger partial charge in [0.05, 0.1) is 12.5 Å². The number of esters is 1. The molecule has 0 aliphatic rings. The van der Waals surface area contributed by atoms with E-state index in [9.17, 15) is 9.59 Å². The van der Waals surface area contributed by atoms with Gasteiger partial charge in [-0.1, -0.05) is 41.9 Å². The van der Waals surface area contributed by atoms with Crippen molar-refractivity contribution in [1.29, 1.82) is 0 Å². The first-order valence-electron chi connectivity index (χ1n) is 12.2. The maximum Gasteiger partial charge on any atom is 0.336 e. The van der Waals surface area contributed by atoms with E-state index in [-0.39, 0.29) is 27.9 Å². The Labute approximate surface area is 234 Å². The maximum absolute atomic E-state index is 12.9. The van der Waals surface area contributed by atoms with Crippen LogP contribution in [0.5, 0.6) is 28.7 Å². The number of ether oxygens (including phenoxy) is 4. The molecule has 4 aromatic carbocycles. The third kappa shape index (κ3) is 6.51. The Morgan fingerprint density at radius 3 is 2.33 bits per heavy atom. The van der Waals surface area contributed by atoms with Gasteiger partial charge in [0.25, 0.3) is 0 Å². The average molecular weight is 555 g/mol. The first kappa shape index (κ1) is 26.6. The number of halogens is 1. The lowest BCUT2D eigenvalue weighted by Crippen LogP contribution is -2.06.